The molecule has 0 unspecified atom stereocenters. The van der Waals surface area contributed by atoms with Gasteiger partial charge in [0.25, 0.3) is 0 Å². The Balaban J connectivity index is 0.00000220. The van der Waals surface area contributed by atoms with Crippen molar-refractivity contribution in [2.24, 2.45) is 5.41 Å². The summed E-state index contributed by atoms with van der Waals surface area (Å²) in [6.07, 6.45) is 0. The standard InChI is InChI=1S/C18H30N2.2ClH/c1-14(2)15-6-8-16(9-7-15)17(18(3,4)5)20-12-10-19-11-13-20;;/h6-9,14,17,19H,10-13H2,1-5H3;2*1H/t17-;;/m1../s1. The van der Waals surface area contributed by atoms with Crippen LogP contribution in [-0.2, 0) is 0 Å². The molecule has 1 aromatic rings. The highest BCUT2D eigenvalue weighted by Crippen LogP contribution is 2.38. The Morgan fingerprint density at radius 3 is 1.77 bits per heavy atom. The third kappa shape index (κ3) is 5.42. The van der Waals surface area contributed by atoms with E-state index in [1.807, 2.05) is 0 Å². The van der Waals surface area contributed by atoms with E-state index in [2.05, 4.69) is 69.1 Å². The Bertz CT molecular complexity index is 418. The van der Waals surface area contributed by atoms with Gasteiger partial charge in [-0.25, -0.2) is 0 Å². The average Bonchev–Trinajstić information content (AvgIpc) is 2.39. The van der Waals surface area contributed by atoms with Crippen molar-refractivity contribution in [2.45, 2.75) is 46.6 Å². The normalized spacial score (nSPS) is 17.5. The van der Waals surface area contributed by atoms with Gasteiger partial charge in [0, 0.05) is 32.2 Å². The van der Waals surface area contributed by atoms with E-state index < -0.39 is 0 Å². The molecule has 0 bridgehead atoms. The molecular formula is C18H32Cl2N2. The number of hydrogen-bond donors (Lipinski definition) is 1. The first-order valence-electron chi connectivity index (χ1n) is 7.94. The Kier molecular flexibility index (Phi) is 9.01. The zero-order valence-electron chi connectivity index (χ0n) is 14.6. The average molecular weight is 347 g/mol. The van der Waals surface area contributed by atoms with Gasteiger partial charge in [-0.2, -0.15) is 0 Å². The number of rotatable bonds is 3. The Morgan fingerprint density at radius 1 is 0.909 bits per heavy atom. The van der Waals surface area contributed by atoms with Crippen LogP contribution in [0.4, 0.5) is 0 Å². The molecule has 1 aliphatic rings. The highest BCUT2D eigenvalue weighted by atomic mass is 35.5. The second-order valence-electron chi connectivity index (χ2n) is 7.38. The van der Waals surface area contributed by atoms with E-state index in [1.54, 1.807) is 0 Å². The molecule has 1 atom stereocenters. The lowest BCUT2D eigenvalue weighted by Crippen LogP contribution is -2.48. The molecule has 1 aromatic carbocycles. The molecule has 1 fully saturated rings. The predicted octanol–water partition coefficient (Wildman–Crippen LogP) is 4.65. The zero-order chi connectivity index (χ0) is 14.8. The number of nitrogens with one attached hydrogen (secondary N) is 1. The molecule has 0 aliphatic carbocycles. The summed E-state index contributed by atoms with van der Waals surface area (Å²) in [6, 6.07) is 9.80. The fourth-order valence-corrected chi connectivity index (χ4v) is 3.26. The van der Waals surface area contributed by atoms with Gasteiger partial charge in [-0.1, -0.05) is 58.9 Å². The van der Waals surface area contributed by atoms with Crippen molar-refractivity contribution in [3.63, 3.8) is 0 Å². The Labute approximate surface area is 148 Å². The van der Waals surface area contributed by atoms with Gasteiger partial charge >= 0.3 is 0 Å². The minimum Gasteiger partial charge on any atom is -0.314 e. The van der Waals surface area contributed by atoms with E-state index in [1.165, 1.54) is 11.1 Å². The van der Waals surface area contributed by atoms with E-state index in [0.29, 0.717) is 12.0 Å². The molecule has 2 rings (SSSR count). The van der Waals surface area contributed by atoms with Crippen LogP contribution in [0.15, 0.2) is 24.3 Å². The monoisotopic (exact) mass is 346 g/mol. The van der Waals surface area contributed by atoms with Crippen molar-refractivity contribution in [1.29, 1.82) is 0 Å². The first-order chi connectivity index (χ1) is 9.39. The van der Waals surface area contributed by atoms with Crippen LogP contribution in [-0.4, -0.2) is 31.1 Å². The van der Waals surface area contributed by atoms with Gasteiger partial charge in [-0.15, -0.1) is 24.8 Å². The molecular weight excluding hydrogens is 315 g/mol. The van der Waals surface area contributed by atoms with Gasteiger partial charge in [0.2, 0.25) is 0 Å². The third-order valence-electron chi connectivity index (χ3n) is 4.26. The molecule has 0 spiro atoms. The van der Waals surface area contributed by atoms with E-state index in [4.69, 9.17) is 0 Å². The molecule has 1 aliphatic heterocycles. The maximum atomic E-state index is 3.45. The maximum Gasteiger partial charge on any atom is 0.0397 e. The largest absolute Gasteiger partial charge is 0.314 e. The van der Waals surface area contributed by atoms with Crippen LogP contribution in [0, 0.1) is 5.41 Å². The summed E-state index contributed by atoms with van der Waals surface area (Å²) in [5.41, 5.74) is 3.15. The van der Waals surface area contributed by atoms with Crippen LogP contribution < -0.4 is 5.32 Å². The van der Waals surface area contributed by atoms with E-state index in [0.717, 1.165) is 26.2 Å². The Hall–Kier alpha value is -0.280. The lowest BCUT2D eigenvalue weighted by Gasteiger charge is -2.42. The van der Waals surface area contributed by atoms with Gasteiger partial charge in [0.1, 0.15) is 0 Å². The van der Waals surface area contributed by atoms with Crippen LogP contribution in [0.5, 0.6) is 0 Å². The molecule has 1 heterocycles. The molecule has 128 valence electrons. The summed E-state index contributed by atoms with van der Waals surface area (Å²) in [5, 5.41) is 3.45. The minimum absolute atomic E-state index is 0. The van der Waals surface area contributed by atoms with E-state index in [9.17, 15) is 0 Å². The van der Waals surface area contributed by atoms with Crippen LogP contribution in [0.1, 0.15) is 57.7 Å². The predicted molar refractivity (Wildman–Crippen MR) is 102 cm³/mol. The van der Waals surface area contributed by atoms with Crippen molar-refractivity contribution in [3.05, 3.63) is 35.4 Å². The van der Waals surface area contributed by atoms with Crippen molar-refractivity contribution in [1.82, 2.24) is 10.2 Å². The Morgan fingerprint density at radius 2 is 1.36 bits per heavy atom. The van der Waals surface area contributed by atoms with E-state index in [-0.39, 0.29) is 30.2 Å². The summed E-state index contributed by atoms with van der Waals surface area (Å²) < 4.78 is 0. The van der Waals surface area contributed by atoms with Gasteiger partial charge in [0.15, 0.2) is 0 Å². The molecule has 0 radical (unpaired) electrons. The molecule has 0 saturated carbocycles. The number of nitrogens with zero attached hydrogens (tertiary/aromatic N) is 1. The number of halogens is 2. The molecule has 1 saturated heterocycles. The number of benzene rings is 1. The first kappa shape index (κ1) is 21.7. The number of hydrogen-bond acceptors (Lipinski definition) is 2. The summed E-state index contributed by atoms with van der Waals surface area (Å²) in [5.74, 6) is 0.608. The lowest BCUT2D eigenvalue weighted by atomic mass is 9.80. The SMILES string of the molecule is CC(C)c1ccc([C@@H](N2CCNCC2)C(C)(C)C)cc1.Cl.Cl. The minimum atomic E-state index is 0. The quantitative estimate of drug-likeness (QED) is 0.856. The van der Waals surface area contributed by atoms with Crippen molar-refractivity contribution < 1.29 is 0 Å². The summed E-state index contributed by atoms with van der Waals surface area (Å²) in [6.45, 7) is 16.1. The van der Waals surface area contributed by atoms with Gasteiger partial charge in [-0.3, -0.25) is 4.90 Å². The van der Waals surface area contributed by atoms with Crippen molar-refractivity contribution in [2.75, 3.05) is 26.2 Å². The highest BCUT2D eigenvalue weighted by molar-refractivity contribution is 5.85. The van der Waals surface area contributed by atoms with Crippen LogP contribution in [0.2, 0.25) is 0 Å². The molecule has 1 N–H and O–H groups in total. The zero-order valence-corrected chi connectivity index (χ0v) is 16.2. The fourth-order valence-electron chi connectivity index (χ4n) is 3.26. The lowest BCUT2D eigenvalue weighted by molar-refractivity contribution is 0.0862. The first-order valence-corrected chi connectivity index (χ1v) is 7.94. The van der Waals surface area contributed by atoms with Crippen molar-refractivity contribution in [3.8, 4) is 0 Å². The van der Waals surface area contributed by atoms with Crippen LogP contribution in [0.25, 0.3) is 0 Å². The third-order valence-corrected chi connectivity index (χ3v) is 4.26. The number of piperazine rings is 1. The van der Waals surface area contributed by atoms with Crippen LogP contribution in [0.3, 0.4) is 0 Å². The van der Waals surface area contributed by atoms with Gasteiger partial charge < -0.3 is 5.32 Å². The smallest absolute Gasteiger partial charge is 0.0397 e. The summed E-state index contributed by atoms with van der Waals surface area (Å²) in [4.78, 5) is 2.64. The topological polar surface area (TPSA) is 15.3 Å². The molecule has 2 nitrogen and oxygen atoms in total. The summed E-state index contributed by atoms with van der Waals surface area (Å²) >= 11 is 0. The molecule has 4 heteroatoms. The molecule has 22 heavy (non-hydrogen) atoms. The second kappa shape index (κ2) is 9.12. The van der Waals surface area contributed by atoms with Gasteiger partial charge in [0.05, 0.1) is 0 Å². The van der Waals surface area contributed by atoms with Gasteiger partial charge in [-0.05, 0) is 22.5 Å². The fraction of sp³-hybridized carbons (Fsp3) is 0.667. The molecule has 0 aromatic heterocycles. The highest BCUT2D eigenvalue weighted by Gasteiger charge is 2.32. The second-order valence-corrected chi connectivity index (χ2v) is 7.38. The summed E-state index contributed by atoms with van der Waals surface area (Å²) in [7, 11) is 0. The van der Waals surface area contributed by atoms with E-state index >= 15 is 0 Å². The van der Waals surface area contributed by atoms with Crippen molar-refractivity contribution >= 4 is 24.8 Å². The molecule has 0 amide bonds. The van der Waals surface area contributed by atoms with Crippen LogP contribution >= 0.6 is 24.8 Å². The maximum absolute atomic E-state index is 3.45.